The van der Waals surface area contributed by atoms with Crippen LogP contribution in [-0.2, 0) is 28.3 Å². The van der Waals surface area contributed by atoms with Crippen molar-refractivity contribution in [3.8, 4) is 17.1 Å². The fourth-order valence-corrected chi connectivity index (χ4v) is 4.01. The maximum Gasteiger partial charge on any atom is 0.343 e. The molecule has 0 saturated carbocycles. The monoisotopic (exact) mass is 364 g/mol. The minimum absolute atomic E-state index is 0.0883. The lowest BCUT2D eigenvalue weighted by molar-refractivity contribution is -0.172. The molecule has 0 unspecified atom stereocenters. The zero-order valence-electron chi connectivity index (χ0n) is 14.5. The molecule has 0 radical (unpaired) electrons. The van der Waals surface area contributed by atoms with Crippen LogP contribution in [0, 0.1) is 0 Å². The van der Waals surface area contributed by atoms with Gasteiger partial charge in [0.05, 0.1) is 29.0 Å². The van der Waals surface area contributed by atoms with Crippen molar-refractivity contribution in [2.24, 2.45) is 0 Å². The average Bonchev–Trinajstić information content (AvgIpc) is 3.05. The standard InChI is InChI=1S/C20H16N2O5/c1-2-20(26)13-7-15-16-11(17(23)10-5-3-4-6-14(10)21-16)8-22(15)18(24)12(13)9-27-19(20)25/h3-7,26H,2,8-9H2,1H3,(H,21,23)/t20-/m0/s1. The molecule has 3 aromatic rings. The van der Waals surface area contributed by atoms with Crippen LogP contribution in [0.2, 0.25) is 0 Å². The Balaban J connectivity index is 1.84. The third-order valence-electron chi connectivity index (χ3n) is 5.56. The first kappa shape index (κ1) is 16.0. The number of ether oxygens (including phenoxy) is 1. The molecule has 1 atom stereocenters. The smallest absolute Gasteiger partial charge is 0.343 e. The van der Waals surface area contributed by atoms with Crippen LogP contribution in [0.4, 0.5) is 0 Å². The molecule has 0 aliphatic carbocycles. The summed E-state index contributed by atoms with van der Waals surface area (Å²) in [5.41, 5.74) is 0.463. The first-order valence-electron chi connectivity index (χ1n) is 8.73. The summed E-state index contributed by atoms with van der Waals surface area (Å²) in [7, 11) is 0. The number of nitrogens with zero attached hydrogens (tertiary/aromatic N) is 2. The number of carbonyl (C=O) groups is 1. The van der Waals surface area contributed by atoms with E-state index in [1.807, 2.05) is 12.1 Å². The van der Waals surface area contributed by atoms with Crippen molar-refractivity contribution in [3.63, 3.8) is 0 Å². The van der Waals surface area contributed by atoms with Gasteiger partial charge in [0.2, 0.25) is 0 Å². The molecular formula is C20H16N2O5. The van der Waals surface area contributed by atoms with Gasteiger partial charge in [0, 0.05) is 16.5 Å². The molecule has 2 aromatic heterocycles. The van der Waals surface area contributed by atoms with E-state index in [1.54, 1.807) is 25.1 Å². The van der Waals surface area contributed by atoms with Gasteiger partial charge in [0.15, 0.2) is 5.60 Å². The Labute approximate surface area is 153 Å². The van der Waals surface area contributed by atoms with Crippen molar-refractivity contribution in [3.05, 3.63) is 57.4 Å². The second kappa shape index (κ2) is 5.17. The molecule has 7 heteroatoms. The number of hydrogen-bond donors (Lipinski definition) is 2. The Morgan fingerprint density at radius 1 is 1.26 bits per heavy atom. The summed E-state index contributed by atoms with van der Waals surface area (Å²) < 4.78 is 6.55. The molecule has 0 saturated heterocycles. The van der Waals surface area contributed by atoms with Crippen LogP contribution in [0.3, 0.4) is 0 Å². The van der Waals surface area contributed by atoms with E-state index < -0.39 is 11.6 Å². The van der Waals surface area contributed by atoms with Crippen LogP contribution in [-0.4, -0.2) is 25.7 Å². The highest BCUT2D eigenvalue weighted by Crippen LogP contribution is 2.42. The molecule has 7 nitrogen and oxygen atoms in total. The molecule has 4 heterocycles. The number of pyridine rings is 2. The number of aliphatic hydroxyl groups is 1. The molecule has 2 aliphatic heterocycles. The summed E-state index contributed by atoms with van der Waals surface area (Å²) in [6, 6.07) is 8.83. The summed E-state index contributed by atoms with van der Waals surface area (Å²) in [6.45, 7) is 1.67. The van der Waals surface area contributed by atoms with Crippen LogP contribution in [0.15, 0.2) is 35.1 Å². The normalized spacial score (nSPS) is 20.1. The zero-order valence-corrected chi connectivity index (χ0v) is 14.5. The highest BCUT2D eigenvalue weighted by atomic mass is 16.6. The summed E-state index contributed by atoms with van der Waals surface area (Å²) in [6.07, 6.45) is 0.0883. The Morgan fingerprint density at radius 2 is 2.04 bits per heavy atom. The lowest BCUT2D eigenvalue weighted by Crippen LogP contribution is -2.44. The van der Waals surface area contributed by atoms with E-state index in [0.717, 1.165) is 0 Å². The fourth-order valence-electron chi connectivity index (χ4n) is 4.01. The lowest BCUT2D eigenvalue weighted by atomic mass is 9.86. The van der Waals surface area contributed by atoms with Crippen molar-refractivity contribution < 1.29 is 19.7 Å². The molecule has 1 aromatic carbocycles. The number of carbonyl (C=O) groups excluding carboxylic acids is 1. The van der Waals surface area contributed by atoms with E-state index in [9.17, 15) is 19.8 Å². The predicted octanol–water partition coefficient (Wildman–Crippen LogP) is 1.79. The average molecular weight is 364 g/mol. The molecular weight excluding hydrogens is 348 g/mol. The summed E-state index contributed by atoms with van der Waals surface area (Å²) in [5, 5.41) is 22.2. The maximum absolute atomic E-state index is 13.0. The van der Waals surface area contributed by atoms with Crippen LogP contribution < -0.4 is 5.56 Å². The number of fused-ring (bicyclic) bond motifs is 5. The fraction of sp³-hybridized carbons (Fsp3) is 0.250. The van der Waals surface area contributed by atoms with Gasteiger partial charge in [-0.3, -0.25) is 4.79 Å². The van der Waals surface area contributed by atoms with Crippen molar-refractivity contribution in [1.29, 1.82) is 0 Å². The van der Waals surface area contributed by atoms with E-state index in [-0.39, 0.29) is 42.0 Å². The molecule has 2 N–H and O–H groups in total. The van der Waals surface area contributed by atoms with E-state index >= 15 is 0 Å². The zero-order chi connectivity index (χ0) is 18.9. The van der Waals surface area contributed by atoms with Crippen LogP contribution in [0.5, 0.6) is 5.75 Å². The second-order valence-corrected chi connectivity index (χ2v) is 6.91. The van der Waals surface area contributed by atoms with Crippen LogP contribution in [0.1, 0.15) is 30.0 Å². The Bertz CT molecular complexity index is 1210. The first-order chi connectivity index (χ1) is 13.0. The van der Waals surface area contributed by atoms with Gasteiger partial charge in [-0.2, -0.15) is 0 Å². The number of benzene rings is 1. The minimum atomic E-state index is -1.86. The number of aromatic hydroxyl groups is 1. The molecule has 0 bridgehead atoms. The lowest BCUT2D eigenvalue weighted by Gasteiger charge is -2.31. The highest BCUT2D eigenvalue weighted by molar-refractivity contribution is 5.91. The molecule has 0 amide bonds. The number of aromatic nitrogens is 2. The van der Waals surface area contributed by atoms with Crippen molar-refractivity contribution in [2.75, 3.05) is 0 Å². The Hall–Kier alpha value is -3.19. The first-order valence-corrected chi connectivity index (χ1v) is 8.73. The SMILES string of the molecule is CC[C@@]1(O)C(=O)OCc2c1cc1n(c2=O)Cc2c-1nc1ccccc1c2O. The van der Waals surface area contributed by atoms with Crippen molar-refractivity contribution in [1.82, 2.24) is 9.55 Å². The second-order valence-electron chi connectivity index (χ2n) is 6.91. The summed E-state index contributed by atoms with van der Waals surface area (Å²) in [5.74, 6) is -0.663. The molecule has 0 fully saturated rings. The van der Waals surface area contributed by atoms with Gasteiger partial charge in [-0.15, -0.1) is 0 Å². The third-order valence-corrected chi connectivity index (χ3v) is 5.56. The minimum Gasteiger partial charge on any atom is -0.507 e. The Kier molecular flexibility index (Phi) is 3.07. The largest absolute Gasteiger partial charge is 0.507 e. The molecule has 2 aliphatic rings. The van der Waals surface area contributed by atoms with Crippen molar-refractivity contribution >= 4 is 16.9 Å². The Morgan fingerprint density at radius 3 is 2.81 bits per heavy atom. The van der Waals surface area contributed by atoms with Crippen LogP contribution in [0.25, 0.3) is 22.3 Å². The van der Waals surface area contributed by atoms with Gasteiger partial charge in [-0.1, -0.05) is 19.1 Å². The van der Waals surface area contributed by atoms with Gasteiger partial charge in [-0.25, -0.2) is 9.78 Å². The predicted molar refractivity (Wildman–Crippen MR) is 96.2 cm³/mol. The molecule has 136 valence electrons. The third kappa shape index (κ3) is 1.92. The van der Waals surface area contributed by atoms with Gasteiger partial charge < -0.3 is 19.5 Å². The summed E-state index contributed by atoms with van der Waals surface area (Å²) >= 11 is 0. The number of esters is 1. The van der Waals surface area contributed by atoms with Gasteiger partial charge in [0.1, 0.15) is 12.4 Å². The van der Waals surface area contributed by atoms with Gasteiger partial charge in [0.25, 0.3) is 5.56 Å². The number of rotatable bonds is 1. The summed E-state index contributed by atoms with van der Waals surface area (Å²) in [4.78, 5) is 29.8. The van der Waals surface area contributed by atoms with Crippen LogP contribution >= 0.6 is 0 Å². The van der Waals surface area contributed by atoms with E-state index in [4.69, 9.17) is 4.74 Å². The topological polar surface area (TPSA) is 102 Å². The highest BCUT2D eigenvalue weighted by Gasteiger charge is 2.45. The van der Waals surface area contributed by atoms with E-state index in [1.165, 1.54) is 4.57 Å². The quantitative estimate of drug-likeness (QED) is 0.499. The maximum atomic E-state index is 13.0. The van der Waals surface area contributed by atoms with E-state index in [0.29, 0.717) is 27.9 Å². The molecule has 5 rings (SSSR count). The number of cyclic esters (lactones) is 1. The van der Waals surface area contributed by atoms with Gasteiger partial charge >= 0.3 is 5.97 Å². The molecule has 0 spiro atoms. The number of para-hydroxylation sites is 1. The molecule has 27 heavy (non-hydrogen) atoms. The van der Waals surface area contributed by atoms with Crippen molar-refractivity contribution in [2.45, 2.75) is 32.1 Å². The van der Waals surface area contributed by atoms with Gasteiger partial charge in [-0.05, 0) is 24.6 Å². The number of hydrogen-bond acceptors (Lipinski definition) is 6. The van der Waals surface area contributed by atoms with E-state index in [2.05, 4.69) is 4.98 Å².